The average Bonchev–Trinajstić information content (AvgIpc) is 2.50. The number of carbonyl (C=O) groups is 1. The minimum Gasteiger partial charge on any atom is -0.484 e. The van der Waals surface area contributed by atoms with E-state index in [-0.39, 0.29) is 12.2 Å². The quantitative estimate of drug-likeness (QED) is 0.629. The van der Waals surface area contributed by atoms with Crippen LogP contribution < -0.4 is 10.2 Å². The Hall–Kier alpha value is -1.92. The fourth-order valence-corrected chi connectivity index (χ4v) is 2.00. The lowest BCUT2D eigenvalue weighted by atomic mass is 10.2. The Morgan fingerprint density at radius 3 is 2.77 bits per heavy atom. The van der Waals surface area contributed by atoms with E-state index in [0.717, 1.165) is 0 Å². The van der Waals surface area contributed by atoms with Gasteiger partial charge in [0, 0.05) is 15.1 Å². The van der Waals surface area contributed by atoms with Crippen molar-refractivity contribution in [2.24, 2.45) is 5.10 Å². The van der Waals surface area contributed by atoms with E-state index < -0.39 is 11.7 Å². The molecular weight excluding hydrogens is 375 g/mol. The van der Waals surface area contributed by atoms with Crippen LogP contribution in [0.5, 0.6) is 5.75 Å². The number of nitrogens with one attached hydrogen (secondary N) is 1. The summed E-state index contributed by atoms with van der Waals surface area (Å²) in [5.74, 6) is -0.373. The molecule has 0 aliphatic carbocycles. The Labute approximate surface area is 140 Å². The first-order valence-corrected chi connectivity index (χ1v) is 7.37. The second-order valence-corrected chi connectivity index (χ2v) is 5.55. The normalized spacial score (nSPS) is 10.7. The van der Waals surface area contributed by atoms with E-state index in [9.17, 15) is 9.18 Å². The van der Waals surface area contributed by atoms with Gasteiger partial charge in [-0.2, -0.15) is 5.10 Å². The van der Waals surface area contributed by atoms with Gasteiger partial charge in [0.1, 0.15) is 11.6 Å². The highest BCUT2D eigenvalue weighted by Gasteiger charge is 2.03. The number of nitrogens with zero attached hydrogens (tertiary/aromatic N) is 1. The minimum atomic E-state index is -0.457. The monoisotopic (exact) mass is 384 g/mol. The molecule has 1 amide bonds. The predicted octanol–water partition coefficient (Wildman–Crippen LogP) is 3.77. The highest BCUT2D eigenvalue weighted by molar-refractivity contribution is 9.10. The molecule has 0 fully saturated rings. The van der Waals surface area contributed by atoms with E-state index in [1.54, 1.807) is 36.4 Å². The number of halogens is 3. The molecule has 2 rings (SSSR count). The van der Waals surface area contributed by atoms with Crippen molar-refractivity contribution in [1.82, 2.24) is 5.43 Å². The summed E-state index contributed by atoms with van der Waals surface area (Å²) in [6, 6.07) is 11.0. The predicted molar refractivity (Wildman–Crippen MR) is 86.8 cm³/mol. The van der Waals surface area contributed by atoms with Crippen molar-refractivity contribution in [2.45, 2.75) is 0 Å². The lowest BCUT2D eigenvalue weighted by molar-refractivity contribution is -0.123. The molecule has 2 aromatic carbocycles. The van der Waals surface area contributed by atoms with Crippen molar-refractivity contribution < 1.29 is 13.9 Å². The Morgan fingerprint density at radius 1 is 1.32 bits per heavy atom. The van der Waals surface area contributed by atoms with E-state index in [1.807, 2.05) is 0 Å². The topological polar surface area (TPSA) is 50.7 Å². The van der Waals surface area contributed by atoms with Crippen LogP contribution in [0.3, 0.4) is 0 Å². The van der Waals surface area contributed by atoms with Crippen molar-refractivity contribution in [2.75, 3.05) is 6.61 Å². The molecule has 0 aliphatic heterocycles. The molecule has 0 saturated carbocycles. The fraction of sp³-hybridized carbons (Fsp3) is 0.0667. The highest BCUT2D eigenvalue weighted by atomic mass is 79.9. The maximum Gasteiger partial charge on any atom is 0.277 e. The van der Waals surface area contributed by atoms with Crippen LogP contribution in [0.1, 0.15) is 5.56 Å². The summed E-state index contributed by atoms with van der Waals surface area (Å²) in [6.45, 7) is -0.208. The molecule has 0 radical (unpaired) electrons. The van der Waals surface area contributed by atoms with Gasteiger partial charge >= 0.3 is 0 Å². The number of hydrogen-bond acceptors (Lipinski definition) is 3. The first-order valence-electron chi connectivity index (χ1n) is 6.20. The van der Waals surface area contributed by atoms with Gasteiger partial charge in [0.2, 0.25) is 0 Å². The zero-order valence-corrected chi connectivity index (χ0v) is 13.6. The molecule has 0 aromatic heterocycles. The van der Waals surface area contributed by atoms with Crippen LogP contribution in [0.2, 0.25) is 5.02 Å². The Balaban J connectivity index is 1.83. The first kappa shape index (κ1) is 16.5. The van der Waals surface area contributed by atoms with Crippen LogP contribution in [-0.4, -0.2) is 18.7 Å². The standard InChI is InChI=1S/C15H11BrClFN2O2/c16-11-1-6-14(18)10(7-11)8-19-20-15(21)9-22-13-4-2-12(17)3-5-13/h1-8H,9H2,(H,20,21)/b19-8+. The van der Waals surface area contributed by atoms with Crippen LogP contribution in [0.15, 0.2) is 52.0 Å². The number of ether oxygens (including phenoxy) is 1. The van der Waals surface area contributed by atoms with Gasteiger partial charge in [-0.3, -0.25) is 4.79 Å². The van der Waals surface area contributed by atoms with E-state index >= 15 is 0 Å². The Kier molecular flexibility index (Phi) is 5.91. The Bertz CT molecular complexity index is 692. The van der Waals surface area contributed by atoms with E-state index in [1.165, 1.54) is 12.3 Å². The average molecular weight is 386 g/mol. The third-order valence-corrected chi connectivity index (χ3v) is 3.28. The molecule has 1 N–H and O–H groups in total. The van der Waals surface area contributed by atoms with E-state index in [0.29, 0.717) is 15.2 Å². The number of carbonyl (C=O) groups excluding carboxylic acids is 1. The maximum absolute atomic E-state index is 13.4. The summed E-state index contributed by atoms with van der Waals surface area (Å²) in [5.41, 5.74) is 2.51. The number of hydrazone groups is 1. The molecule has 0 aliphatic rings. The van der Waals surface area contributed by atoms with Gasteiger partial charge in [0.25, 0.3) is 5.91 Å². The number of hydrogen-bond donors (Lipinski definition) is 1. The minimum absolute atomic E-state index is 0.208. The fourth-order valence-electron chi connectivity index (χ4n) is 1.50. The van der Waals surface area contributed by atoms with Crippen molar-refractivity contribution in [3.8, 4) is 5.75 Å². The number of benzene rings is 2. The number of amides is 1. The molecule has 114 valence electrons. The summed E-state index contributed by atoms with van der Waals surface area (Å²) >= 11 is 8.96. The third-order valence-electron chi connectivity index (χ3n) is 2.53. The van der Waals surface area contributed by atoms with Crippen molar-refractivity contribution in [3.05, 3.63) is 63.3 Å². The van der Waals surface area contributed by atoms with E-state index in [4.69, 9.17) is 16.3 Å². The van der Waals surface area contributed by atoms with Crippen LogP contribution in [0.4, 0.5) is 4.39 Å². The van der Waals surface area contributed by atoms with Crippen molar-refractivity contribution in [1.29, 1.82) is 0 Å². The molecular formula is C15H11BrClFN2O2. The summed E-state index contributed by atoms with van der Waals surface area (Å²) in [7, 11) is 0. The molecule has 0 saturated heterocycles. The van der Waals surface area contributed by atoms with Gasteiger partial charge in [-0.1, -0.05) is 27.5 Å². The summed E-state index contributed by atoms with van der Waals surface area (Å²) < 4.78 is 19.4. The van der Waals surface area contributed by atoms with Crippen molar-refractivity contribution in [3.63, 3.8) is 0 Å². The van der Waals surface area contributed by atoms with Crippen LogP contribution in [0, 0.1) is 5.82 Å². The zero-order valence-electron chi connectivity index (χ0n) is 11.2. The molecule has 0 unspecified atom stereocenters. The molecule has 7 heteroatoms. The molecule has 0 heterocycles. The van der Waals surface area contributed by atoms with Crippen LogP contribution in [-0.2, 0) is 4.79 Å². The van der Waals surface area contributed by atoms with Gasteiger partial charge in [0.05, 0.1) is 6.21 Å². The molecule has 4 nitrogen and oxygen atoms in total. The second kappa shape index (κ2) is 7.91. The molecule has 0 bridgehead atoms. The van der Waals surface area contributed by atoms with E-state index in [2.05, 4.69) is 26.5 Å². The summed E-state index contributed by atoms with van der Waals surface area (Å²) in [6.07, 6.45) is 1.22. The van der Waals surface area contributed by atoms with Gasteiger partial charge in [-0.05, 0) is 42.5 Å². The lowest BCUT2D eigenvalue weighted by Crippen LogP contribution is -2.24. The highest BCUT2D eigenvalue weighted by Crippen LogP contribution is 2.15. The molecule has 0 atom stereocenters. The smallest absolute Gasteiger partial charge is 0.277 e. The zero-order chi connectivity index (χ0) is 15.9. The second-order valence-electron chi connectivity index (χ2n) is 4.20. The maximum atomic E-state index is 13.4. The summed E-state index contributed by atoms with van der Waals surface area (Å²) in [5, 5.41) is 4.26. The van der Waals surface area contributed by atoms with Gasteiger partial charge in [-0.15, -0.1) is 0 Å². The number of rotatable bonds is 5. The molecule has 0 spiro atoms. The Morgan fingerprint density at radius 2 is 2.05 bits per heavy atom. The van der Waals surface area contributed by atoms with Gasteiger partial charge < -0.3 is 4.74 Å². The van der Waals surface area contributed by atoms with Gasteiger partial charge in [-0.25, -0.2) is 9.82 Å². The SMILES string of the molecule is O=C(COc1ccc(Cl)cc1)N/N=C/c1cc(Br)ccc1F. The molecule has 2 aromatic rings. The molecule has 22 heavy (non-hydrogen) atoms. The largest absolute Gasteiger partial charge is 0.484 e. The van der Waals surface area contributed by atoms with Gasteiger partial charge in [0.15, 0.2) is 6.61 Å². The first-order chi connectivity index (χ1) is 10.5. The third kappa shape index (κ3) is 5.13. The van der Waals surface area contributed by atoms with Crippen molar-refractivity contribution >= 4 is 39.7 Å². The summed E-state index contributed by atoms with van der Waals surface area (Å²) in [4.78, 5) is 11.5. The van der Waals surface area contributed by atoms with Crippen LogP contribution >= 0.6 is 27.5 Å². The lowest BCUT2D eigenvalue weighted by Gasteiger charge is -2.04. The van der Waals surface area contributed by atoms with Crippen LogP contribution in [0.25, 0.3) is 0 Å².